The summed E-state index contributed by atoms with van der Waals surface area (Å²) >= 11 is 0. The maximum absolute atomic E-state index is 11.5. The Bertz CT molecular complexity index is 642. The molecule has 1 saturated carbocycles. The van der Waals surface area contributed by atoms with Crippen LogP contribution in [0, 0.1) is 6.92 Å². The Kier molecular flexibility index (Phi) is 2.97. The van der Waals surface area contributed by atoms with Crippen molar-refractivity contribution in [2.45, 2.75) is 38.5 Å². The first-order valence-electron chi connectivity index (χ1n) is 6.80. The van der Waals surface area contributed by atoms with Crippen LogP contribution >= 0.6 is 0 Å². The Labute approximate surface area is 112 Å². The number of aromatic nitrogens is 1. The van der Waals surface area contributed by atoms with E-state index in [-0.39, 0.29) is 0 Å². The van der Waals surface area contributed by atoms with E-state index in [0.29, 0.717) is 11.5 Å². The lowest BCUT2D eigenvalue weighted by molar-refractivity contribution is 0.0699. The van der Waals surface area contributed by atoms with E-state index in [2.05, 4.69) is 0 Å². The van der Waals surface area contributed by atoms with E-state index in [1.54, 1.807) is 6.07 Å². The summed E-state index contributed by atoms with van der Waals surface area (Å²) in [5.74, 6) is -0.431. The molecule has 0 spiro atoms. The van der Waals surface area contributed by atoms with E-state index >= 15 is 0 Å². The Morgan fingerprint density at radius 2 is 2.05 bits per heavy atom. The number of hydrogen-bond acceptors (Lipinski definition) is 2. The van der Waals surface area contributed by atoms with Crippen LogP contribution in [0.5, 0.6) is 0 Å². The van der Waals surface area contributed by atoms with E-state index < -0.39 is 5.97 Å². The van der Waals surface area contributed by atoms with Gasteiger partial charge in [-0.25, -0.2) is 4.79 Å². The zero-order chi connectivity index (χ0) is 13.4. The Morgan fingerprint density at radius 3 is 2.74 bits per heavy atom. The fraction of sp³-hybridized carbons (Fsp3) is 0.375. The average Bonchev–Trinajstić information content (AvgIpc) is 2.92. The summed E-state index contributed by atoms with van der Waals surface area (Å²) in [6.45, 7) is 1.99. The first-order chi connectivity index (χ1) is 9.16. The average molecular weight is 255 g/mol. The Morgan fingerprint density at radius 1 is 1.32 bits per heavy atom. The number of rotatable bonds is 2. The van der Waals surface area contributed by atoms with Gasteiger partial charge in [-0.05, 0) is 31.4 Å². The minimum Gasteiger partial charge on any atom is -0.478 e. The second-order valence-corrected chi connectivity index (χ2v) is 5.35. The number of hydrogen-bond donors (Lipinski definition) is 1. The number of benzene rings is 1. The van der Waals surface area contributed by atoms with Crippen molar-refractivity contribution in [3.05, 3.63) is 41.1 Å². The van der Waals surface area contributed by atoms with Gasteiger partial charge in [-0.1, -0.05) is 31.0 Å². The third-order valence-electron chi connectivity index (χ3n) is 4.06. The molecule has 0 saturated heterocycles. The van der Waals surface area contributed by atoms with Crippen molar-refractivity contribution in [2.24, 2.45) is 0 Å². The number of nitrogens with zero attached hydrogens (tertiary/aromatic N) is 1. The zero-order valence-corrected chi connectivity index (χ0v) is 11.0. The van der Waals surface area contributed by atoms with Crippen molar-refractivity contribution in [3.63, 3.8) is 0 Å². The van der Waals surface area contributed by atoms with Crippen LogP contribution in [0.25, 0.3) is 10.9 Å². The van der Waals surface area contributed by atoms with Crippen LogP contribution in [0.3, 0.4) is 0 Å². The highest BCUT2D eigenvalue weighted by atomic mass is 16.4. The predicted molar refractivity (Wildman–Crippen MR) is 74.6 cm³/mol. The summed E-state index contributed by atoms with van der Waals surface area (Å²) in [6.07, 6.45) is 4.70. The maximum Gasteiger partial charge on any atom is 0.336 e. The summed E-state index contributed by atoms with van der Waals surface area (Å²) < 4.78 is 0. The minimum atomic E-state index is -0.864. The number of aromatic carboxylic acids is 1. The molecule has 0 aliphatic heterocycles. The molecular weight excluding hydrogens is 238 g/mol. The number of aryl methyl sites for hydroxylation is 1. The number of para-hydroxylation sites is 1. The van der Waals surface area contributed by atoms with Gasteiger partial charge in [-0.3, -0.25) is 4.98 Å². The summed E-state index contributed by atoms with van der Waals surface area (Å²) in [6, 6.07) is 7.50. The molecule has 0 bridgehead atoms. The van der Waals surface area contributed by atoms with E-state index in [9.17, 15) is 9.90 Å². The van der Waals surface area contributed by atoms with Gasteiger partial charge in [-0.15, -0.1) is 0 Å². The molecule has 0 atom stereocenters. The molecule has 98 valence electrons. The second-order valence-electron chi connectivity index (χ2n) is 5.35. The highest BCUT2D eigenvalue weighted by Gasteiger charge is 2.21. The van der Waals surface area contributed by atoms with Gasteiger partial charge >= 0.3 is 5.97 Å². The Balaban J connectivity index is 2.25. The summed E-state index contributed by atoms with van der Waals surface area (Å²) in [7, 11) is 0. The van der Waals surface area contributed by atoms with E-state index in [1.807, 2.05) is 25.1 Å². The molecule has 19 heavy (non-hydrogen) atoms. The van der Waals surface area contributed by atoms with Crippen LogP contribution in [0.4, 0.5) is 0 Å². The molecule has 1 aromatic heterocycles. The monoisotopic (exact) mass is 255 g/mol. The molecule has 2 aromatic rings. The van der Waals surface area contributed by atoms with Gasteiger partial charge in [0.2, 0.25) is 0 Å². The molecule has 1 aliphatic carbocycles. The van der Waals surface area contributed by atoms with Crippen LogP contribution in [-0.2, 0) is 0 Å². The van der Waals surface area contributed by atoms with Crippen LogP contribution in [-0.4, -0.2) is 16.1 Å². The summed E-state index contributed by atoms with van der Waals surface area (Å²) in [4.78, 5) is 16.2. The second kappa shape index (κ2) is 4.65. The smallest absolute Gasteiger partial charge is 0.336 e. The first kappa shape index (κ1) is 12.2. The highest BCUT2D eigenvalue weighted by Crippen LogP contribution is 2.35. The van der Waals surface area contributed by atoms with Gasteiger partial charge in [0.05, 0.1) is 11.1 Å². The Hall–Kier alpha value is -1.90. The molecule has 1 aliphatic rings. The van der Waals surface area contributed by atoms with Crippen molar-refractivity contribution < 1.29 is 9.90 Å². The van der Waals surface area contributed by atoms with Crippen molar-refractivity contribution in [1.29, 1.82) is 0 Å². The topological polar surface area (TPSA) is 50.2 Å². The lowest BCUT2D eigenvalue weighted by Crippen LogP contribution is -2.05. The molecule has 3 rings (SSSR count). The van der Waals surface area contributed by atoms with E-state index in [4.69, 9.17) is 4.98 Å². The highest BCUT2D eigenvalue weighted by molar-refractivity contribution is 6.03. The summed E-state index contributed by atoms with van der Waals surface area (Å²) in [5.41, 5.74) is 3.22. The largest absolute Gasteiger partial charge is 0.478 e. The fourth-order valence-electron chi connectivity index (χ4n) is 3.02. The minimum absolute atomic E-state index is 0.385. The summed E-state index contributed by atoms with van der Waals surface area (Å²) in [5, 5.41) is 10.2. The number of carbonyl (C=O) groups is 1. The molecule has 3 nitrogen and oxygen atoms in total. The quantitative estimate of drug-likeness (QED) is 0.885. The lowest BCUT2D eigenvalue weighted by atomic mass is 9.98. The number of pyridine rings is 1. The SMILES string of the molecule is Cc1cccc2c(C(=O)O)cc(C3CCCC3)nc12. The molecule has 3 heteroatoms. The van der Waals surface area contributed by atoms with Gasteiger partial charge in [0.25, 0.3) is 0 Å². The van der Waals surface area contributed by atoms with Gasteiger partial charge in [0.1, 0.15) is 0 Å². The number of fused-ring (bicyclic) bond motifs is 1. The van der Waals surface area contributed by atoms with Gasteiger partial charge in [-0.2, -0.15) is 0 Å². The van der Waals surface area contributed by atoms with Crippen LogP contribution < -0.4 is 0 Å². The number of carboxylic acid groups (broad SMARTS) is 1. The van der Waals surface area contributed by atoms with Crippen molar-refractivity contribution >= 4 is 16.9 Å². The third-order valence-corrected chi connectivity index (χ3v) is 4.06. The molecular formula is C16H17NO2. The molecule has 1 heterocycles. The maximum atomic E-state index is 11.5. The standard InChI is InChI=1S/C16H17NO2/c1-10-5-4-8-12-13(16(18)19)9-14(17-15(10)12)11-6-2-3-7-11/h4-5,8-9,11H,2-3,6-7H2,1H3,(H,18,19). The fourth-order valence-corrected chi connectivity index (χ4v) is 3.02. The van der Waals surface area contributed by atoms with Gasteiger partial charge < -0.3 is 5.11 Å². The third kappa shape index (κ3) is 2.09. The van der Waals surface area contributed by atoms with E-state index in [1.165, 1.54) is 12.8 Å². The zero-order valence-electron chi connectivity index (χ0n) is 11.0. The van der Waals surface area contributed by atoms with Gasteiger partial charge in [0.15, 0.2) is 0 Å². The van der Waals surface area contributed by atoms with Crippen LogP contribution in [0.1, 0.15) is 53.2 Å². The van der Waals surface area contributed by atoms with Crippen LogP contribution in [0.2, 0.25) is 0 Å². The normalized spacial score (nSPS) is 16.1. The predicted octanol–water partition coefficient (Wildman–Crippen LogP) is 3.90. The molecule has 1 aromatic carbocycles. The first-order valence-corrected chi connectivity index (χ1v) is 6.80. The molecule has 1 fully saturated rings. The van der Waals surface area contributed by atoms with Gasteiger partial charge in [0, 0.05) is 17.0 Å². The lowest BCUT2D eigenvalue weighted by Gasteiger charge is -2.12. The molecule has 0 unspecified atom stereocenters. The molecule has 0 radical (unpaired) electrons. The number of carboxylic acids is 1. The van der Waals surface area contributed by atoms with E-state index in [0.717, 1.165) is 35.0 Å². The van der Waals surface area contributed by atoms with Crippen LogP contribution in [0.15, 0.2) is 24.3 Å². The van der Waals surface area contributed by atoms with Crippen molar-refractivity contribution in [2.75, 3.05) is 0 Å². The molecule has 0 amide bonds. The van der Waals surface area contributed by atoms with Crippen molar-refractivity contribution in [1.82, 2.24) is 4.98 Å². The van der Waals surface area contributed by atoms with Crippen molar-refractivity contribution in [3.8, 4) is 0 Å². The molecule has 1 N–H and O–H groups in total.